The number of hydrazone groups is 1. The fourth-order valence-electron chi connectivity index (χ4n) is 2.45. The number of methoxy groups -OCH3 is 1. The minimum absolute atomic E-state index is 0.289. The van der Waals surface area contributed by atoms with E-state index < -0.39 is 11.9 Å². The topological polar surface area (TPSA) is 77.0 Å². The van der Waals surface area contributed by atoms with E-state index in [0.29, 0.717) is 27.5 Å². The van der Waals surface area contributed by atoms with E-state index in [2.05, 4.69) is 26.5 Å². The molecule has 3 rings (SSSR count). The number of halogens is 2. The minimum atomic E-state index is -0.538. The number of nitrogens with one attached hydrogen (secondary N) is 1. The van der Waals surface area contributed by atoms with Gasteiger partial charge in [0.25, 0.3) is 5.91 Å². The lowest BCUT2D eigenvalue weighted by Gasteiger charge is -2.08. The molecule has 1 amide bonds. The average Bonchev–Trinajstić information content (AvgIpc) is 2.76. The van der Waals surface area contributed by atoms with Gasteiger partial charge in [-0.25, -0.2) is 10.2 Å². The van der Waals surface area contributed by atoms with Gasteiger partial charge in [0, 0.05) is 20.6 Å². The third kappa shape index (κ3) is 5.68. The molecule has 0 bridgehead atoms. The van der Waals surface area contributed by atoms with Gasteiger partial charge in [-0.1, -0.05) is 33.6 Å². The van der Waals surface area contributed by atoms with Crippen LogP contribution in [0.4, 0.5) is 0 Å². The number of carbonyl (C=O) groups excluding carboxylic acids is 2. The molecule has 3 aromatic rings. The highest BCUT2D eigenvalue weighted by Crippen LogP contribution is 2.23. The van der Waals surface area contributed by atoms with Crippen molar-refractivity contribution in [2.75, 3.05) is 7.11 Å². The molecule has 0 radical (unpaired) electrons. The van der Waals surface area contributed by atoms with E-state index in [4.69, 9.17) is 21.1 Å². The van der Waals surface area contributed by atoms with Crippen LogP contribution in [0, 0.1) is 0 Å². The second-order valence-electron chi connectivity index (χ2n) is 6.01. The molecule has 0 saturated heterocycles. The smallest absolute Gasteiger partial charge is 0.343 e. The van der Waals surface area contributed by atoms with Crippen LogP contribution in [0.25, 0.3) is 0 Å². The van der Waals surface area contributed by atoms with E-state index in [0.717, 1.165) is 4.47 Å². The van der Waals surface area contributed by atoms with Crippen LogP contribution in [-0.2, 0) is 0 Å². The summed E-state index contributed by atoms with van der Waals surface area (Å²) in [5.41, 5.74) is 3.70. The van der Waals surface area contributed by atoms with Gasteiger partial charge in [-0.2, -0.15) is 5.10 Å². The summed E-state index contributed by atoms with van der Waals surface area (Å²) >= 11 is 9.22. The van der Waals surface area contributed by atoms with Gasteiger partial charge in [0.1, 0.15) is 11.5 Å². The third-order valence-corrected chi connectivity index (χ3v) is 4.70. The SMILES string of the molecule is COc1cccc(C(=O)NN=Cc2cc(Br)ccc2OC(=O)c2ccc(Cl)cc2)c1. The fraction of sp³-hybridized carbons (Fsp3) is 0.0455. The largest absolute Gasteiger partial charge is 0.497 e. The molecule has 8 heteroatoms. The van der Waals surface area contributed by atoms with E-state index in [1.165, 1.54) is 13.3 Å². The summed E-state index contributed by atoms with van der Waals surface area (Å²) in [5.74, 6) is -0.0866. The molecule has 3 aromatic carbocycles. The Bertz CT molecular complexity index is 1100. The highest BCUT2D eigenvalue weighted by atomic mass is 79.9. The summed E-state index contributed by atoms with van der Waals surface area (Å²) in [6.07, 6.45) is 1.40. The van der Waals surface area contributed by atoms with Crippen molar-refractivity contribution in [3.05, 3.63) is 92.9 Å². The Labute approximate surface area is 186 Å². The van der Waals surface area contributed by atoms with Crippen LogP contribution >= 0.6 is 27.5 Å². The van der Waals surface area contributed by atoms with Crippen molar-refractivity contribution in [3.63, 3.8) is 0 Å². The maximum atomic E-state index is 12.4. The van der Waals surface area contributed by atoms with Crippen LogP contribution in [0.3, 0.4) is 0 Å². The Kier molecular flexibility index (Phi) is 7.21. The molecule has 6 nitrogen and oxygen atoms in total. The van der Waals surface area contributed by atoms with E-state index in [-0.39, 0.29) is 5.75 Å². The first-order valence-electron chi connectivity index (χ1n) is 8.71. The minimum Gasteiger partial charge on any atom is -0.497 e. The zero-order valence-electron chi connectivity index (χ0n) is 15.8. The number of ether oxygens (including phenoxy) is 2. The van der Waals surface area contributed by atoms with Crippen molar-refractivity contribution < 1.29 is 19.1 Å². The van der Waals surface area contributed by atoms with Crippen molar-refractivity contribution in [2.24, 2.45) is 5.10 Å². The van der Waals surface area contributed by atoms with E-state index in [1.807, 2.05) is 0 Å². The first-order chi connectivity index (χ1) is 14.5. The number of hydrogen-bond acceptors (Lipinski definition) is 5. The number of rotatable bonds is 6. The Morgan fingerprint density at radius 2 is 1.80 bits per heavy atom. The lowest BCUT2D eigenvalue weighted by Crippen LogP contribution is -2.17. The number of nitrogens with zero attached hydrogens (tertiary/aromatic N) is 1. The van der Waals surface area contributed by atoms with Crippen molar-refractivity contribution >= 4 is 45.6 Å². The maximum absolute atomic E-state index is 12.4. The molecule has 0 aliphatic heterocycles. The Morgan fingerprint density at radius 3 is 2.53 bits per heavy atom. The maximum Gasteiger partial charge on any atom is 0.343 e. The van der Waals surface area contributed by atoms with Gasteiger partial charge in [-0.3, -0.25) is 4.79 Å². The van der Waals surface area contributed by atoms with Crippen LogP contribution in [0.15, 0.2) is 76.3 Å². The number of carbonyl (C=O) groups is 2. The highest BCUT2D eigenvalue weighted by molar-refractivity contribution is 9.10. The first kappa shape index (κ1) is 21.5. The third-order valence-electron chi connectivity index (χ3n) is 3.96. The molecule has 0 unspecified atom stereocenters. The van der Waals surface area contributed by atoms with Gasteiger partial charge >= 0.3 is 5.97 Å². The zero-order valence-corrected chi connectivity index (χ0v) is 18.1. The van der Waals surface area contributed by atoms with Crippen molar-refractivity contribution in [1.82, 2.24) is 5.43 Å². The van der Waals surface area contributed by atoms with Crippen LogP contribution in [0.5, 0.6) is 11.5 Å². The second kappa shape index (κ2) is 10.0. The molecular formula is C22H16BrClN2O4. The van der Waals surface area contributed by atoms with E-state index in [1.54, 1.807) is 66.7 Å². The summed E-state index contributed by atoms with van der Waals surface area (Å²) in [7, 11) is 1.52. The van der Waals surface area contributed by atoms with Crippen molar-refractivity contribution in [3.8, 4) is 11.5 Å². The Hall–Kier alpha value is -3.16. The van der Waals surface area contributed by atoms with Gasteiger partial charge in [-0.15, -0.1) is 0 Å². The summed E-state index contributed by atoms with van der Waals surface area (Å²) in [6.45, 7) is 0. The average molecular weight is 488 g/mol. The number of hydrogen-bond donors (Lipinski definition) is 1. The molecule has 30 heavy (non-hydrogen) atoms. The molecule has 0 atom stereocenters. The number of amides is 1. The molecule has 0 fully saturated rings. The van der Waals surface area contributed by atoms with Gasteiger partial charge in [0.15, 0.2) is 0 Å². The summed E-state index contributed by atoms with van der Waals surface area (Å²) in [5, 5.41) is 4.49. The molecule has 152 valence electrons. The molecule has 0 aromatic heterocycles. The standard InChI is InChI=1S/C22H16BrClN2O4/c1-29-19-4-2-3-15(12-19)21(27)26-25-13-16-11-17(23)7-10-20(16)30-22(28)14-5-8-18(24)9-6-14/h2-13H,1H3,(H,26,27). The molecule has 1 N–H and O–H groups in total. The van der Waals surface area contributed by atoms with Gasteiger partial charge in [-0.05, 0) is 60.7 Å². The van der Waals surface area contributed by atoms with Crippen LogP contribution in [-0.4, -0.2) is 25.2 Å². The fourth-order valence-corrected chi connectivity index (χ4v) is 2.95. The van der Waals surface area contributed by atoms with E-state index in [9.17, 15) is 9.59 Å². The molecular weight excluding hydrogens is 472 g/mol. The second-order valence-corrected chi connectivity index (χ2v) is 7.36. The molecule has 0 heterocycles. The number of esters is 1. The monoisotopic (exact) mass is 486 g/mol. The predicted octanol–water partition coefficient (Wildman–Crippen LogP) is 5.09. The van der Waals surface area contributed by atoms with Crippen LogP contribution < -0.4 is 14.9 Å². The summed E-state index contributed by atoms with van der Waals surface area (Å²) in [4.78, 5) is 24.6. The summed E-state index contributed by atoms with van der Waals surface area (Å²) in [6, 6.07) is 18.1. The predicted molar refractivity (Wildman–Crippen MR) is 119 cm³/mol. The Balaban J connectivity index is 1.73. The quantitative estimate of drug-likeness (QED) is 0.227. The molecule has 0 spiro atoms. The van der Waals surface area contributed by atoms with Gasteiger partial charge in [0.05, 0.1) is 18.9 Å². The zero-order chi connectivity index (χ0) is 21.5. The Morgan fingerprint density at radius 1 is 1.03 bits per heavy atom. The highest BCUT2D eigenvalue weighted by Gasteiger charge is 2.12. The van der Waals surface area contributed by atoms with E-state index >= 15 is 0 Å². The summed E-state index contributed by atoms with van der Waals surface area (Å²) < 4.78 is 11.3. The van der Waals surface area contributed by atoms with Crippen LogP contribution in [0.2, 0.25) is 5.02 Å². The van der Waals surface area contributed by atoms with Gasteiger partial charge < -0.3 is 9.47 Å². The lowest BCUT2D eigenvalue weighted by molar-refractivity contribution is 0.0734. The molecule has 0 aliphatic rings. The normalized spacial score (nSPS) is 10.6. The molecule has 0 saturated carbocycles. The van der Waals surface area contributed by atoms with Gasteiger partial charge in [0.2, 0.25) is 0 Å². The van der Waals surface area contributed by atoms with Crippen LogP contribution in [0.1, 0.15) is 26.3 Å². The number of benzene rings is 3. The van der Waals surface area contributed by atoms with Crippen molar-refractivity contribution in [2.45, 2.75) is 0 Å². The lowest BCUT2D eigenvalue weighted by atomic mass is 10.2. The molecule has 0 aliphatic carbocycles. The first-order valence-corrected chi connectivity index (χ1v) is 9.88. The van der Waals surface area contributed by atoms with Crippen molar-refractivity contribution in [1.29, 1.82) is 0 Å².